The van der Waals surface area contributed by atoms with Crippen LogP contribution in [0.1, 0.15) is 11.1 Å². The average molecular weight is 225 g/mol. The highest BCUT2D eigenvalue weighted by Crippen LogP contribution is 2.10. The van der Waals surface area contributed by atoms with E-state index in [0.717, 1.165) is 16.5 Å². The predicted molar refractivity (Wildman–Crippen MR) is 53.0 cm³/mol. The molecule has 0 aliphatic rings. The molecule has 0 saturated heterocycles. The van der Waals surface area contributed by atoms with Crippen LogP contribution in [-0.4, -0.2) is 11.7 Å². The van der Waals surface area contributed by atoms with E-state index in [2.05, 4.69) is 27.8 Å². The van der Waals surface area contributed by atoms with Gasteiger partial charge in [-0.15, -0.1) is 0 Å². The number of benzene rings is 1. The highest BCUT2D eigenvalue weighted by Gasteiger charge is 1.94. The first kappa shape index (κ1) is 9.31. The minimum absolute atomic E-state index is 0.0867. The quantitative estimate of drug-likeness (QED) is 0.571. The van der Waals surface area contributed by atoms with Crippen molar-refractivity contribution in [2.24, 2.45) is 0 Å². The van der Waals surface area contributed by atoms with Gasteiger partial charge in [0.1, 0.15) is 6.61 Å². The Labute approximate surface area is 80.6 Å². The molecule has 1 N–H and O–H groups in total. The first-order valence-electron chi connectivity index (χ1n) is 3.62. The van der Waals surface area contributed by atoms with E-state index in [9.17, 15) is 0 Å². The van der Waals surface area contributed by atoms with Gasteiger partial charge in [-0.05, 0) is 11.6 Å². The SMILES string of the molecule is OCC#Cc1ccccc1CBr. The molecule has 0 aliphatic carbocycles. The maximum absolute atomic E-state index is 8.51. The fourth-order valence-corrected chi connectivity index (χ4v) is 1.38. The molecule has 0 heterocycles. The van der Waals surface area contributed by atoms with Crippen molar-refractivity contribution in [1.29, 1.82) is 0 Å². The van der Waals surface area contributed by atoms with Crippen LogP contribution in [0.5, 0.6) is 0 Å². The lowest BCUT2D eigenvalue weighted by molar-refractivity contribution is 0.350. The second-order valence-electron chi connectivity index (χ2n) is 2.25. The molecule has 0 fully saturated rings. The van der Waals surface area contributed by atoms with Gasteiger partial charge < -0.3 is 5.11 Å². The molecule has 0 unspecified atom stereocenters. The summed E-state index contributed by atoms with van der Waals surface area (Å²) in [7, 11) is 0. The van der Waals surface area contributed by atoms with Gasteiger partial charge in [0.15, 0.2) is 0 Å². The number of halogens is 1. The Morgan fingerprint density at radius 1 is 1.33 bits per heavy atom. The molecule has 0 bridgehead atoms. The lowest BCUT2D eigenvalue weighted by Gasteiger charge is -1.97. The van der Waals surface area contributed by atoms with E-state index in [1.54, 1.807) is 0 Å². The Morgan fingerprint density at radius 3 is 2.75 bits per heavy atom. The highest BCUT2D eigenvalue weighted by molar-refractivity contribution is 9.08. The van der Waals surface area contributed by atoms with Crippen molar-refractivity contribution >= 4 is 15.9 Å². The maximum atomic E-state index is 8.51. The van der Waals surface area contributed by atoms with E-state index in [0.29, 0.717) is 0 Å². The summed E-state index contributed by atoms with van der Waals surface area (Å²) in [5.74, 6) is 5.51. The molecule has 0 aliphatic heterocycles. The van der Waals surface area contributed by atoms with Crippen molar-refractivity contribution in [2.45, 2.75) is 5.33 Å². The van der Waals surface area contributed by atoms with Gasteiger partial charge in [-0.1, -0.05) is 46.0 Å². The normalized spacial score (nSPS) is 8.83. The van der Waals surface area contributed by atoms with Crippen molar-refractivity contribution in [1.82, 2.24) is 0 Å². The first-order valence-corrected chi connectivity index (χ1v) is 4.74. The molecule has 12 heavy (non-hydrogen) atoms. The average Bonchev–Trinajstić information content (AvgIpc) is 2.15. The number of aliphatic hydroxyl groups excluding tert-OH is 1. The summed E-state index contributed by atoms with van der Waals surface area (Å²) in [6.45, 7) is -0.0867. The van der Waals surface area contributed by atoms with E-state index >= 15 is 0 Å². The molecule has 0 saturated carbocycles. The Balaban J connectivity index is 2.97. The molecule has 2 heteroatoms. The summed E-state index contributed by atoms with van der Waals surface area (Å²) in [6.07, 6.45) is 0. The molecule has 1 nitrogen and oxygen atoms in total. The summed E-state index contributed by atoms with van der Waals surface area (Å²) in [5.41, 5.74) is 2.13. The van der Waals surface area contributed by atoms with E-state index in [4.69, 9.17) is 5.11 Å². The van der Waals surface area contributed by atoms with E-state index in [1.165, 1.54) is 0 Å². The van der Waals surface area contributed by atoms with Crippen LogP contribution in [-0.2, 0) is 5.33 Å². The lowest BCUT2D eigenvalue weighted by atomic mass is 10.1. The zero-order chi connectivity index (χ0) is 8.81. The highest BCUT2D eigenvalue weighted by atomic mass is 79.9. The Bertz CT molecular complexity index is 309. The van der Waals surface area contributed by atoms with Crippen LogP contribution in [0.4, 0.5) is 0 Å². The molecule has 0 amide bonds. The van der Waals surface area contributed by atoms with Crippen LogP contribution in [0.15, 0.2) is 24.3 Å². The maximum Gasteiger partial charge on any atom is 0.104 e. The van der Waals surface area contributed by atoms with Crippen molar-refractivity contribution < 1.29 is 5.11 Å². The zero-order valence-electron chi connectivity index (χ0n) is 6.55. The number of rotatable bonds is 1. The van der Waals surface area contributed by atoms with Crippen LogP contribution in [0.3, 0.4) is 0 Å². The largest absolute Gasteiger partial charge is 0.384 e. The van der Waals surface area contributed by atoms with Gasteiger partial charge in [-0.3, -0.25) is 0 Å². The molecular weight excluding hydrogens is 216 g/mol. The second-order valence-corrected chi connectivity index (χ2v) is 2.81. The van der Waals surface area contributed by atoms with Gasteiger partial charge >= 0.3 is 0 Å². The third-order valence-electron chi connectivity index (χ3n) is 1.46. The fraction of sp³-hybridized carbons (Fsp3) is 0.200. The summed E-state index contributed by atoms with van der Waals surface area (Å²) in [5, 5.41) is 9.30. The van der Waals surface area contributed by atoms with Crippen molar-refractivity contribution in [2.75, 3.05) is 6.61 Å². The fourth-order valence-electron chi connectivity index (χ4n) is 0.894. The predicted octanol–water partition coefficient (Wildman–Crippen LogP) is 1.93. The number of alkyl halides is 1. The Kier molecular flexibility index (Phi) is 3.86. The van der Waals surface area contributed by atoms with Gasteiger partial charge in [0.25, 0.3) is 0 Å². The summed E-state index contributed by atoms with van der Waals surface area (Å²) in [6, 6.07) is 7.86. The Morgan fingerprint density at radius 2 is 2.08 bits per heavy atom. The molecule has 0 aromatic heterocycles. The minimum Gasteiger partial charge on any atom is -0.384 e. The van der Waals surface area contributed by atoms with Crippen LogP contribution < -0.4 is 0 Å². The number of hydrogen-bond donors (Lipinski definition) is 1. The van der Waals surface area contributed by atoms with Crippen LogP contribution in [0, 0.1) is 11.8 Å². The third kappa shape index (κ3) is 2.37. The minimum atomic E-state index is -0.0867. The molecule has 1 rings (SSSR count). The topological polar surface area (TPSA) is 20.2 Å². The number of hydrogen-bond acceptors (Lipinski definition) is 1. The van der Waals surface area contributed by atoms with Crippen molar-refractivity contribution in [3.8, 4) is 11.8 Å². The van der Waals surface area contributed by atoms with E-state index in [-0.39, 0.29) is 6.61 Å². The van der Waals surface area contributed by atoms with Gasteiger partial charge in [-0.25, -0.2) is 0 Å². The monoisotopic (exact) mass is 224 g/mol. The van der Waals surface area contributed by atoms with Gasteiger partial charge in [0, 0.05) is 10.9 Å². The van der Waals surface area contributed by atoms with Crippen LogP contribution >= 0.6 is 15.9 Å². The van der Waals surface area contributed by atoms with Crippen molar-refractivity contribution in [3.05, 3.63) is 35.4 Å². The zero-order valence-corrected chi connectivity index (χ0v) is 8.13. The molecule has 1 aromatic rings. The molecule has 1 aromatic carbocycles. The van der Waals surface area contributed by atoms with Gasteiger partial charge in [0.05, 0.1) is 0 Å². The van der Waals surface area contributed by atoms with Gasteiger partial charge in [-0.2, -0.15) is 0 Å². The summed E-state index contributed by atoms with van der Waals surface area (Å²) < 4.78 is 0. The lowest BCUT2D eigenvalue weighted by Crippen LogP contribution is -1.84. The second kappa shape index (κ2) is 4.97. The first-order chi connectivity index (χ1) is 5.88. The van der Waals surface area contributed by atoms with Crippen LogP contribution in [0.2, 0.25) is 0 Å². The molecular formula is C10H9BrO. The molecule has 0 atom stereocenters. The Hall–Kier alpha value is -0.780. The molecule has 0 radical (unpaired) electrons. The molecule has 0 spiro atoms. The van der Waals surface area contributed by atoms with E-state index in [1.807, 2.05) is 24.3 Å². The number of aliphatic hydroxyl groups is 1. The standard InChI is InChI=1S/C10H9BrO/c11-8-10-5-2-1-4-9(10)6-3-7-12/h1-2,4-5,12H,7-8H2. The third-order valence-corrected chi connectivity index (χ3v) is 2.07. The van der Waals surface area contributed by atoms with Crippen molar-refractivity contribution in [3.63, 3.8) is 0 Å². The van der Waals surface area contributed by atoms with Gasteiger partial charge in [0.2, 0.25) is 0 Å². The summed E-state index contributed by atoms with van der Waals surface area (Å²) in [4.78, 5) is 0. The molecule has 62 valence electrons. The summed E-state index contributed by atoms with van der Waals surface area (Å²) >= 11 is 3.37. The van der Waals surface area contributed by atoms with Crippen LogP contribution in [0.25, 0.3) is 0 Å². The smallest absolute Gasteiger partial charge is 0.104 e. The van der Waals surface area contributed by atoms with E-state index < -0.39 is 0 Å².